The number of carbonyl (C=O) groups excluding carboxylic acids is 3. The fourth-order valence-electron chi connectivity index (χ4n) is 4.05. The smallest absolute Gasteiger partial charge is 0.254 e. The Morgan fingerprint density at radius 3 is 2.40 bits per heavy atom. The van der Waals surface area contributed by atoms with Crippen LogP contribution < -0.4 is 10.6 Å². The number of aliphatic hydroxyl groups is 1. The molecule has 3 rings (SSSR count). The van der Waals surface area contributed by atoms with Crippen molar-refractivity contribution in [1.29, 1.82) is 0 Å². The van der Waals surface area contributed by atoms with Gasteiger partial charge < -0.3 is 25.7 Å². The Morgan fingerprint density at radius 1 is 1.02 bits per heavy atom. The van der Waals surface area contributed by atoms with Gasteiger partial charge in [-0.15, -0.1) is 23.1 Å². The number of thioether (sulfide) groups is 1. The van der Waals surface area contributed by atoms with Crippen molar-refractivity contribution in [2.24, 2.45) is 0 Å². The van der Waals surface area contributed by atoms with Crippen LogP contribution in [0.3, 0.4) is 0 Å². The SMILES string of the molecule is Cc1ccc(C(=O)N[C@@H](Cc2ccccc2)[C@H](O)C(=O)N(CSC(C)C)CC(=O)NCc2cccs2)c(C)c1O. The van der Waals surface area contributed by atoms with Gasteiger partial charge in [-0.2, -0.15) is 0 Å². The van der Waals surface area contributed by atoms with Gasteiger partial charge in [0, 0.05) is 21.3 Å². The van der Waals surface area contributed by atoms with Crippen molar-refractivity contribution in [2.45, 2.75) is 58.1 Å². The molecule has 1 heterocycles. The minimum atomic E-state index is -1.61. The highest BCUT2D eigenvalue weighted by atomic mass is 32.2. The van der Waals surface area contributed by atoms with E-state index < -0.39 is 24.0 Å². The van der Waals surface area contributed by atoms with Crippen molar-refractivity contribution in [1.82, 2.24) is 15.5 Å². The molecule has 0 fully saturated rings. The normalized spacial score (nSPS) is 12.6. The molecule has 40 heavy (non-hydrogen) atoms. The molecule has 8 nitrogen and oxygen atoms in total. The molecule has 3 aromatic rings. The second kappa shape index (κ2) is 14.9. The summed E-state index contributed by atoms with van der Waals surface area (Å²) in [5.74, 6) is -1.28. The maximum atomic E-state index is 13.6. The number of aliphatic hydroxyl groups excluding tert-OH is 1. The van der Waals surface area contributed by atoms with E-state index >= 15 is 0 Å². The van der Waals surface area contributed by atoms with Crippen LogP contribution in [-0.2, 0) is 22.6 Å². The van der Waals surface area contributed by atoms with Gasteiger partial charge in [-0.25, -0.2) is 0 Å². The van der Waals surface area contributed by atoms with Gasteiger partial charge in [0.2, 0.25) is 5.91 Å². The summed E-state index contributed by atoms with van der Waals surface area (Å²) in [4.78, 5) is 42.0. The molecule has 0 aliphatic rings. The maximum absolute atomic E-state index is 13.6. The molecule has 1 aromatic heterocycles. The Kier molecular flexibility index (Phi) is 11.6. The zero-order chi connectivity index (χ0) is 29.2. The molecule has 3 amide bonds. The number of aryl methyl sites for hydroxylation is 1. The highest BCUT2D eigenvalue weighted by Crippen LogP contribution is 2.25. The first-order valence-electron chi connectivity index (χ1n) is 13.1. The standard InChI is InChI=1S/C30H37N3O5S2/c1-19(2)40-18-33(17-26(34)31-16-23-11-8-14-39-23)30(38)28(36)25(15-22-9-6-5-7-10-22)32-29(37)24-13-12-20(3)27(35)21(24)4/h5-14,19,25,28,35-36H,15-18H2,1-4H3,(H,31,34)(H,32,37)/t25-,28-/m0/s1. The fourth-order valence-corrected chi connectivity index (χ4v) is 5.39. The van der Waals surface area contributed by atoms with Crippen LogP contribution in [0, 0.1) is 13.8 Å². The van der Waals surface area contributed by atoms with Crippen molar-refractivity contribution in [3.05, 3.63) is 87.1 Å². The summed E-state index contributed by atoms with van der Waals surface area (Å²) in [5, 5.41) is 29.4. The number of phenolic OH excluding ortho intramolecular Hbond substituents is 1. The summed E-state index contributed by atoms with van der Waals surface area (Å²) >= 11 is 3.00. The van der Waals surface area contributed by atoms with Crippen molar-refractivity contribution >= 4 is 40.8 Å². The molecule has 2 atom stereocenters. The van der Waals surface area contributed by atoms with Crippen LogP contribution >= 0.6 is 23.1 Å². The van der Waals surface area contributed by atoms with E-state index in [1.54, 1.807) is 26.0 Å². The third-order valence-corrected chi connectivity index (χ3v) is 8.38. The van der Waals surface area contributed by atoms with Gasteiger partial charge in [-0.1, -0.05) is 56.3 Å². The van der Waals surface area contributed by atoms with Crippen LogP contribution in [0.5, 0.6) is 5.75 Å². The van der Waals surface area contributed by atoms with E-state index in [1.807, 2.05) is 61.7 Å². The molecular formula is C30H37N3O5S2. The minimum Gasteiger partial charge on any atom is -0.507 e. The fraction of sp³-hybridized carbons (Fsp3) is 0.367. The van der Waals surface area contributed by atoms with Crippen molar-refractivity contribution in [3.8, 4) is 5.75 Å². The molecule has 0 bridgehead atoms. The maximum Gasteiger partial charge on any atom is 0.254 e. The van der Waals surface area contributed by atoms with Crippen LogP contribution in [0.15, 0.2) is 60.0 Å². The molecule has 0 unspecified atom stereocenters. The monoisotopic (exact) mass is 583 g/mol. The lowest BCUT2D eigenvalue weighted by Crippen LogP contribution is -2.54. The molecular weight excluding hydrogens is 546 g/mol. The number of hydrogen-bond donors (Lipinski definition) is 4. The van der Waals surface area contributed by atoms with Gasteiger partial charge in [0.05, 0.1) is 18.5 Å². The predicted octanol–water partition coefficient (Wildman–Crippen LogP) is 4.02. The summed E-state index contributed by atoms with van der Waals surface area (Å²) in [6.45, 7) is 7.48. The quantitative estimate of drug-likeness (QED) is 0.226. The van der Waals surface area contributed by atoms with E-state index in [0.717, 1.165) is 10.4 Å². The number of amides is 3. The van der Waals surface area contributed by atoms with Crippen LogP contribution in [-0.4, -0.2) is 62.7 Å². The van der Waals surface area contributed by atoms with E-state index in [9.17, 15) is 24.6 Å². The first-order chi connectivity index (χ1) is 19.1. The topological polar surface area (TPSA) is 119 Å². The van der Waals surface area contributed by atoms with Crippen molar-refractivity contribution in [3.63, 3.8) is 0 Å². The number of hydrogen-bond acceptors (Lipinski definition) is 7. The van der Waals surface area contributed by atoms with E-state index in [0.29, 0.717) is 17.7 Å². The summed E-state index contributed by atoms with van der Waals surface area (Å²) in [7, 11) is 0. The molecule has 0 aliphatic carbocycles. The zero-order valence-corrected chi connectivity index (χ0v) is 24.8. The molecule has 10 heteroatoms. The predicted molar refractivity (Wildman–Crippen MR) is 160 cm³/mol. The Morgan fingerprint density at radius 2 is 1.75 bits per heavy atom. The van der Waals surface area contributed by atoms with E-state index in [4.69, 9.17) is 0 Å². The average molecular weight is 584 g/mol. The summed E-state index contributed by atoms with van der Waals surface area (Å²) in [5.41, 5.74) is 2.12. The number of nitrogens with one attached hydrogen (secondary N) is 2. The van der Waals surface area contributed by atoms with Crippen LogP contribution in [0.1, 0.15) is 45.8 Å². The van der Waals surface area contributed by atoms with Gasteiger partial charge in [-0.05, 0) is 48.9 Å². The molecule has 4 N–H and O–H groups in total. The van der Waals surface area contributed by atoms with Crippen LogP contribution in [0.2, 0.25) is 0 Å². The van der Waals surface area contributed by atoms with Crippen molar-refractivity contribution in [2.75, 3.05) is 12.4 Å². The van der Waals surface area contributed by atoms with Crippen molar-refractivity contribution < 1.29 is 24.6 Å². The summed E-state index contributed by atoms with van der Waals surface area (Å²) < 4.78 is 0. The lowest BCUT2D eigenvalue weighted by molar-refractivity contribution is -0.143. The number of thiophene rings is 1. The van der Waals surface area contributed by atoms with E-state index in [2.05, 4.69) is 10.6 Å². The van der Waals surface area contributed by atoms with Gasteiger partial charge in [0.25, 0.3) is 11.8 Å². The molecule has 0 saturated heterocycles. The second-order valence-corrected chi connectivity index (χ2v) is 12.4. The molecule has 0 aliphatic heterocycles. The lowest BCUT2D eigenvalue weighted by atomic mass is 9.98. The highest BCUT2D eigenvalue weighted by molar-refractivity contribution is 7.99. The van der Waals surface area contributed by atoms with Crippen LogP contribution in [0.4, 0.5) is 0 Å². The zero-order valence-electron chi connectivity index (χ0n) is 23.2. The summed E-state index contributed by atoms with van der Waals surface area (Å²) in [6.07, 6.45) is -1.42. The van der Waals surface area contributed by atoms with Crippen LogP contribution in [0.25, 0.3) is 0 Å². The lowest BCUT2D eigenvalue weighted by Gasteiger charge is -2.30. The number of benzene rings is 2. The highest BCUT2D eigenvalue weighted by Gasteiger charge is 2.33. The van der Waals surface area contributed by atoms with E-state index in [1.165, 1.54) is 28.0 Å². The van der Waals surface area contributed by atoms with E-state index in [-0.39, 0.29) is 41.3 Å². The first-order valence-corrected chi connectivity index (χ1v) is 15.0. The number of rotatable bonds is 13. The molecule has 0 spiro atoms. The summed E-state index contributed by atoms with van der Waals surface area (Å²) in [6, 6.07) is 15.3. The largest absolute Gasteiger partial charge is 0.507 e. The Hall–Kier alpha value is -3.34. The second-order valence-electron chi connectivity index (χ2n) is 9.85. The molecule has 2 aromatic carbocycles. The third-order valence-electron chi connectivity index (χ3n) is 6.38. The number of nitrogens with zero attached hydrogens (tertiary/aromatic N) is 1. The Bertz CT molecular complexity index is 1280. The molecule has 0 radical (unpaired) electrons. The van der Waals surface area contributed by atoms with Gasteiger partial charge in [0.15, 0.2) is 6.10 Å². The van der Waals surface area contributed by atoms with Gasteiger partial charge in [0.1, 0.15) is 12.3 Å². The average Bonchev–Trinajstić information content (AvgIpc) is 3.46. The Labute approximate surface area is 243 Å². The number of phenols is 1. The van der Waals surface area contributed by atoms with Gasteiger partial charge >= 0.3 is 0 Å². The minimum absolute atomic E-state index is 0.0225. The number of carbonyl (C=O) groups is 3. The Balaban J connectivity index is 1.81. The first kappa shape index (κ1) is 31.2. The molecule has 0 saturated carbocycles. The van der Waals surface area contributed by atoms with Gasteiger partial charge in [-0.3, -0.25) is 14.4 Å². The third kappa shape index (κ3) is 8.84. The molecule has 214 valence electrons. The number of aromatic hydroxyl groups is 1.